The molecule has 4 rings (SSSR count). The van der Waals surface area contributed by atoms with Gasteiger partial charge in [-0.2, -0.15) is 0 Å². The van der Waals surface area contributed by atoms with Crippen molar-refractivity contribution in [3.63, 3.8) is 0 Å². The van der Waals surface area contributed by atoms with Gasteiger partial charge >= 0.3 is 5.91 Å². The van der Waals surface area contributed by atoms with Crippen LogP contribution in [0.1, 0.15) is 35.2 Å². The van der Waals surface area contributed by atoms with Crippen molar-refractivity contribution in [2.45, 2.75) is 25.4 Å². The number of hydrogen-bond acceptors (Lipinski definition) is 4. The van der Waals surface area contributed by atoms with Gasteiger partial charge in [0.05, 0.1) is 5.71 Å². The number of nitrogens with one attached hydrogen (secondary N) is 1. The average molecular weight is 391 g/mol. The minimum Gasteiger partial charge on any atom is -0.474 e. The predicted molar refractivity (Wildman–Crippen MR) is 113 cm³/mol. The van der Waals surface area contributed by atoms with E-state index in [4.69, 9.17) is 4.74 Å². The Balaban J connectivity index is 1.31. The molecule has 1 fully saturated rings. The highest BCUT2D eigenvalue weighted by molar-refractivity contribution is 6.13. The van der Waals surface area contributed by atoms with Crippen molar-refractivity contribution >= 4 is 23.6 Å². The Kier molecular flexibility index (Phi) is 6.00. The summed E-state index contributed by atoms with van der Waals surface area (Å²) in [7, 11) is 0. The molecule has 3 aliphatic rings. The first kappa shape index (κ1) is 19.3. The van der Waals surface area contributed by atoms with Gasteiger partial charge < -0.3 is 15.0 Å². The number of likely N-dealkylation sites (tertiary alicyclic amines) is 1. The van der Waals surface area contributed by atoms with Gasteiger partial charge in [-0.1, -0.05) is 24.3 Å². The third-order valence-corrected chi connectivity index (χ3v) is 5.26. The molecule has 150 valence electrons. The molecule has 2 heterocycles. The average Bonchev–Trinajstić information content (AvgIpc) is 3.26. The van der Waals surface area contributed by atoms with E-state index in [2.05, 4.69) is 15.2 Å². The van der Waals surface area contributed by atoms with Crippen LogP contribution in [0.15, 0.2) is 59.3 Å². The van der Waals surface area contributed by atoms with Crippen molar-refractivity contribution < 1.29 is 14.3 Å². The highest BCUT2D eigenvalue weighted by Crippen LogP contribution is 2.20. The van der Waals surface area contributed by atoms with Crippen LogP contribution in [-0.4, -0.2) is 54.7 Å². The summed E-state index contributed by atoms with van der Waals surface area (Å²) in [4.78, 5) is 31.0. The fourth-order valence-electron chi connectivity index (χ4n) is 3.66. The SMILES string of the molecule is O=C1N=C2C=CC=CC2O/C1=C\c1ccc(C(=O)NCCCN2CCCC2)cc1. The number of amides is 2. The normalized spacial score (nSPS) is 22.3. The zero-order valence-electron chi connectivity index (χ0n) is 16.3. The van der Waals surface area contributed by atoms with Crippen molar-refractivity contribution in [1.82, 2.24) is 10.2 Å². The maximum Gasteiger partial charge on any atom is 0.312 e. The first-order chi connectivity index (χ1) is 14.2. The Morgan fingerprint density at radius 3 is 2.79 bits per heavy atom. The van der Waals surface area contributed by atoms with Gasteiger partial charge in [-0.3, -0.25) is 9.59 Å². The minimum absolute atomic E-state index is 0.0796. The van der Waals surface area contributed by atoms with E-state index in [1.54, 1.807) is 36.4 Å². The summed E-state index contributed by atoms with van der Waals surface area (Å²) in [6.45, 7) is 4.07. The van der Waals surface area contributed by atoms with Crippen molar-refractivity contribution in [2.75, 3.05) is 26.2 Å². The molecule has 0 aromatic heterocycles. The highest BCUT2D eigenvalue weighted by Gasteiger charge is 2.26. The molecule has 1 aliphatic carbocycles. The number of carbonyl (C=O) groups excluding carboxylic acids is 2. The molecular formula is C23H25N3O3. The quantitative estimate of drug-likeness (QED) is 0.598. The van der Waals surface area contributed by atoms with Crippen molar-refractivity contribution in [3.8, 4) is 0 Å². The second kappa shape index (κ2) is 9.01. The maximum atomic E-state index is 12.3. The summed E-state index contributed by atoms with van der Waals surface area (Å²) >= 11 is 0. The van der Waals surface area contributed by atoms with Crippen LogP contribution in [0.4, 0.5) is 0 Å². The molecule has 0 bridgehead atoms. The first-order valence-electron chi connectivity index (χ1n) is 10.2. The van der Waals surface area contributed by atoms with Gasteiger partial charge in [0.1, 0.15) is 0 Å². The molecule has 1 atom stereocenters. The monoisotopic (exact) mass is 391 g/mol. The molecule has 1 saturated heterocycles. The molecule has 6 heteroatoms. The minimum atomic E-state index is -0.393. The fraction of sp³-hybridized carbons (Fsp3) is 0.348. The lowest BCUT2D eigenvalue weighted by Crippen LogP contribution is -2.29. The van der Waals surface area contributed by atoms with Crippen LogP contribution < -0.4 is 5.32 Å². The second-order valence-electron chi connectivity index (χ2n) is 7.41. The summed E-state index contributed by atoms with van der Waals surface area (Å²) in [5.41, 5.74) is 2.00. The van der Waals surface area contributed by atoms with Crippen LogP contribution in [0.3, 0.4) is 0 Å². The Labute approximate surface area is 170 Å². The van der Waals surface area contributed by atoms with E-state index in [1.165, 1.54) is 25.9 Å². The molecule has 6 nitrogen and oxygen atoms in total. The number of ether oxygens (including phenoxy) is 1. The lowest BCUT2D eigenvalue weighted by molar-refractivity contribution is -0.118. The molecule has 1 N–H and O–H groups in total. The fourth-order valence-corrected chi connectivity index (χ4v) is 3.66. The third kappa shape index (κ3) is 4.90. The summed E-state index contributed by atoms with van der Waals surface area (Å²) in [6.07, 6.45) is 12.2. The van der Waals surface area contributed by atoms with Crippen LogP contribution >= 0.6 is 0 Å². The van der Waals surface area contributed by atoms with Gasteiger partial charge in [0.25, 0.3) is 5.91 Å². The molecule has 1 aromatic carbocycles. The van der Waals surface area contributed by atoms with Crippen LogP contribution in [0, 0.1) is 0 Å². The van der Waals surface area contributed by atoms with E-state index in [0.29, 0.717) is 17.8 Å². The number of allylic oxidation sites excluding steroid dienone is 2. The maximum absolute atomic E-state index is 12.3. The Bertz CT molecular complexity index is 890. The van der Waals surface area contributed by atoms with Gasteiger partial charge in [-0.15, -0.1) is 0 Å². The van der Waals surface area contributed by atoms with E-state index in [0.717, 1.165) is 18.5 Å². The topological polar surface area (TPSA) is 71.0 Å². The smallest absolute Gasteiger partial charge is 0.312 e. The van der Waals surface area contributed by atoms with Crippen LogP contribution in [0.2, 0.25) is 0 Å². The van der Waals surface area contributed by atoms with Crippen molar-refractivity contribution in [1.29, 1.82) is 0 Å². The molecule has 2 amide bonds. The lowest BCUT2D eigenvalue weighted by atomic mass is 10.1. The zero-order valence-corrected chi connectivity index (χ0v) is 16.3. The molecule has 2 aliphatic heterocycles. The Morgan fingerprint density at radius 1 is 1.21 bits per heavy atom. The van der Waals surface area contributed by atoms with E-state index in [1.807, 2.05) is 18.2 Å². The van der Waals surface area contributed by atoms with Crippen LogP contribution in [0.5, 0.6) is 0 Å². The van der Waals surface area contributed by atoms with E-state index >= 15 is 0 Å². The standard InChI is InChI=1S/C23H25N3O3/c27-22(24-12-5-15-26-13-3-4-14-26)18-10-8-17(9-11-18)16-21-23(28)25-19-6-1-2-7-20(19)29-21/h1-2,6-11,16,20H,3-5,12-15H2,(H,24,27)/b21-16-. The van der Waals surface area contributed by atoms with E-state index in [-0.39, 0.29) is 17.8 Å². The first-order valence-corrected chi connectivity index (χ1v) is 10.2. The lowest BCUT2D eigenvalue weighted by Gasteiger charge is -2.22. The van der Waals surface area contributed by atoms with E-state index < -0.39 is 5.91 Å². The zero-order chi connectivity index (χ0) is 20.1. The van der Waals surface area contributed by atoms with Crippen molar-refractivity contribution in [3.05, 3.63) is 65.5 Å². The number of aliphatic imine (C=N–C) groups is 1. The second-order valence-corrected chi connectivity index (χ2v) is 7.41. The number of benzene rings is 1. The Hall–Kier alpha value is -2.99. The van der Waals surface area contributed by atoms with Crippen LogP contribution in [0.25, 0.3) is 6.08 Å². The van der Waals surface area contributed by atoms with Gasteiger partial charge in [-0.05, 0) is 74.8 Å². The van der Waals surface area contributed by atoms with E-state index in [9.17, 15) is 9.59 Å². The molecule has 1 aromatic rings. The summed E-state index contributed by atoms with van der Waals surface area (Å²) in [6, 6.07) is 7.12. The molecule has 0 spiro atoms. The number of nitrogens with zero attached hydrogens (tertiary/aromatic N) is 2. The highest BCUT2D eigenvalue weighted by atomic mass is 16.5. The number of carbonyl (C=O) groups is 2. The third-order valence-electron chi connectivity index (χ3n) is 5.26. The number of fused-ring (bicyclic) bond motifs is 1. The summed E-state index contributed by atoms with van der Waals surface area (Å²) in [5.74, 6) is -0.266. The van der Waals surface area contributed by atoms with Gasteiger partial charge in [0.15, 0.2) is 11.9 Å². The van der Waals surface area contributed by atoms with Gasteiger partial charge in [-0.25, -0.2) is 4.99 Å². The molecule has 0 saturated carbocycles. The molecule has 0 radical (unpaired) electrons. The number of hydrogen-bond donors (Lipinski definition) is 1. The predicted octanol–water partition coefficient (Wildman–Crippen LogP) is 2.74. The van der Waals surface area contributed by atoms with Crippen molar-refractivity contribution in [2.24, 2.45) is 4.99 Å². The van der Waals surface area contributed by atoms with Gasteiger partial charge in [0, 0.05) is 12.1 Å². The molecule has 1 unspecified atom stereocenters. The molecular weight excluding hydrogens is 366 g/mol. The summed E-state index contributed by atoms with van der Waals surface area (Å²) < 4.78 is 5.75. The number of rotatable bonds is 6. The molecule has 29 heavy (non-hydrogen) atoms. The Morgan fingerprint density at radius 2 is 2.00 bits per heavy atom. The largest absolute Gasteiger partial charge is 0.474 e. The van der Waals surface area contributed by atoms with Gasteiger partial charge in [0.2, 0.25) is 0 Å². The van der Waals surface area contributed by atoms with Crippen LogP contribution in [-0.2, 0) is 9.53 Å². The summed E-state index contributed by atoms with van der Waals surface area (Å²) in [5, 5.41) is 2.97.